The Morgan fingerprint density at radius 1 is 1.14 bits per heavy atom. The Morgan fingerprint density at radius 2 is 1.86 bits per heavy atom. The molecule has 2 aliphatic rings. The Morgan fingerprint density at radius 3 is 2.57 bits per heavy atom. The number of amides is 2. The molecule has 156 valence electrons. The topological polar surface area (TPSA) is 44.8 Å². The van der Waals surface area contributed by atoms with Crippen LogP contribution in [0.4, 0.5) is 10.5 Å². The van der Waals surface area contributed by atoms with Gasteiger partial charge in [-0.15, -0.1) is 0 Å². The third-order valence-electron chi connectivity index (χ3n) is 6.10. The number of aryl methyl sites for hydroxylation is 2. The van der Waals surface area contributed by atoms with Crippen molar-refractivity contribution in [2.45, 2.75) is 64.8 Å². The van der Waals surface area contributed by atoms with Crippen molar-refractivity contribution in [3.05, 3.63) is 29.3 Å². The number of carbonyl (C=O) groups is 1. The maximum absolute atomic E-state index is 13.2. The van der Waals surface area contributed by atoms with Crippen LogP contribution >= 0.6 is 0 Å². The number of hydrogen-bond donors (Lipinski definition) is 1. The zero-order chi connectivity index (χ0) is 19.8. The van der Waals surface area contributed by atoms with Gasteiger partial charge in [0.15, 0.2) is 0 Å². The van der Waals surface area contributed by atoms with Gasteiger partial charge in [-0.2, -0.15) is 0 Å². The third-order valence-corrected chi connectivity index (χ3v) is 6.10. The molecular weight excluding hydrogens is 350 g/mol. The summed E-state index contributed by atoms with van der Waals surface area (Å²) in [7, 11) is 0. The SMILES string of the molecule is Cc1ccc(C)c(NC(=O)N(CCCN2CCCCCC2)C2CCOCC2)c1. The second kappa shape index (κ2) is 10.8. The molecule has 0 aliphatic carbocycles. The van der Waals surface area contributed by atoms with Crippen molar-refractivity contribution in [3.63, 3.8) is 0 Å². The average Bonchev–Trinajstić information content (AvgIpc) is 2.97. The molecule has 0 radical (unpaired) electrons. The van der Waals surface area contributed by atoms with E-state index in [1.54, 1.807) is 0 Å². The van der Waals surface area contributed by atoms with E-state index < -0.39 is 0 Å². The summed E-state index contributed by atoms with van der Waals surface area (Å²) >= 11 is 0. The van der Waals surface area contributed by atoms with Crippen molar-refractivity contribution in [1.29, 1.82) is 0 Å². The number of rotatable bonds is 6. The second-order valence-corrected chi connectivity index (χ2v) is 8.39. The molecule has 2 fully saturated rings. The van der Waals surface area contributed by atoms with E-state index in [1.165, 1.54) is 44.3 Å². The average molecular weight is 388 g/mol. The Kier molecular flexibility index (Phi) is 8.16. The van der Waals surface area contributed by atoms with Crippen LogP contribution in [0.25, 0.3) is 0 Å². The van der Waals surface area contributed by atoms with E-state index in [-0.39, 0.29) is 12.1 Å². The summed E-state index contributed by atoms with van der Waals surface area (Å²) in [5, 5.41) is 3.18. The monoisotopic (exact) mass is 387 g/mol. The number of carbonyl (C=O) groups excluding carboxylic acids is 1. The van der Waals surface area contributed by atoms with Crippen LogP contribution < -0.4 is 5.32 Å². The quantitative estimate of drug-likeness (QED) is 0.777. The van der Waals surface area contributed by atoms with Crippen molar-refractivity contribution < 1.29 is 9.53 Å². The maximum atomic E-state index is 13.2. The van der Waals surface area contributed by atoms with E-state index in [2.05, 4.69) is 40.2 Å². The minimum Gasteiger partial charge on any atom is -0.381 e. The number of nitrogens with one attached hydrogen (secondary N) is 1. The molecule has 0 spiro atoms. The molecule has 2 saturated heterocycles. The number of ether oxygens (including phenoxy) is 1. The third kappa shape index (κ3) is 6.21. The summed E-state index contributed by atoms with van der Waals surface area (Å²) in [6.07, 6.45) is 8.27. The summed E-state index contributed by atoms with van der Waals surface area (Å²) in [6.45, 7) is 9.96. The molecule has 1 aromatic carbocycles. The predicted molar refractivity (Wildman–Crippen MR) is 115 cm³/mol. The molecular formula is C23H37N3O2. The van der Waals surface area contributed by atoms with Crippen LogP contribution in [0, 0.1) is 13.8 Å². The number of likely N-dealkylation sites (tertiary alicyclic amines) is 1. The van der Waals surface area contributed by atoms with Crippen molar-refractivity contribution in [2.24, 2.45) is 0 Å². The maximum Gasteiger partial charge on any atom is 0.322 e. The Labute approximate surface area is 170 Å². The molecule has 2 amide bonds. The first-order valence-electron chi connectivity index (χ1n) is 11.1. The molecule has 3 rings (SSSR count). The van der Waals surface area contributed by atoms with E-state index in [0.29, 0.717) is 0 Å². The molecule has 0 unspecified atom stereocenters. The molecule has 1 aromatic rings. The molecule has 0 atom stereocenters. The van der Waals surface area contributed by atoms with Gasteiger partial charge in [0, 0.05) is 31.5 Å². The number of anilines is 1. The van der Waals surface area contributed by atoms with Gasteiger partial charge in [0.25, 0.3) is 0 Å². The molecule has 0 saturated carbocycles. The molecule has 1 N–H and O–H groups in total. The highest BCUT2D eigenvalue weighted by Crippen LogP contribution is 2.20. The predicted octanol–water partition coefficient (Wildman–Crippen LogP) is 4.58. The molecule has 2 aliphatic heterocycles. The van der Waals surface area contributed by atoms with Crippen LogP contribution in [0.1, 0.15) is 56.1 Å². The number of benzene rings is 1. The first-order chi connectivity index (χ1) is 13.6. The van der Waals surface area contributed by atoms with Gasteiger partial charge in [-0.25, -0.2) is 4.79 Å². The first kappa shape index (κ1) is 21.1. The summed E-state index contributed by atoms with van der Waals surface area (Å²) in [4.78, 5) is 17.8. The largest absolute Gasteiger partial charge is 0.381 e. The van der Waals surface area contributed by atoms with Crippen molar-refractivity contribution in [2.75, 3.05) is 44.7 Å². The number of nitrogens with zero attached hydrogens (tertiary/aromatic N) is 2. The van der Waals surface area contributed by atoms with Crippen LogP contribution in [-0.4, -0.2) is 61.3 Å². The van der Waals surface area contributed by atoms with Crippen molar-refractivity contribution in [3.8, 4) is 0 Å². The normalized spacial score (nSPS) is 19.2. The highest BCUT2D eigenvalue weighted by Gasteiger charge is 2.26. The summed E-state index contributed by atoms with van der Waals surface area (Å²) < 4.78 is 5.53. The highest BCUT2D eigenvalue weighted by atomic mass is 16.5. The first-order valence-corrected chi connectivity index (χ1v) is 11.1. The Bertz CT molecular complexity index is 620. The van der Waals surface area contributed by atoms with Crippen molar-refractivity contribution in [1.82, 2.24) is 9.80 Å². The van der Waals surface area contributed by atoms with Crippen LogP contribution in [0.3, 0.4) is 0 Å². The minimum absolute atomic E-state index is 0.0384. The molecule has 5 heteroatoms. The van der Waals surface area contributed by atoms with Crippen molar-refractivity contribution >= 4 is 11.7 Å². The molecule has 28 heavy (non-hydrogen) atoms. The van der Waals surface area contributed by atoms with Gasteiger partial charge in [-0.1, -0.05) is 25.0 Å². The lowest BCUT2D eigenvalue weighted by molar-refractivity contribution is 0.0470. The van der Waals surface area contributed by atoms with E-state index >= 15 is 0 Å². The fraction of sp³-hybridized carbons (Fsp3) is 0.696. The van der Waals surface area contributed by atoms with Crippen LogP contribution in [-0.2, 0) is 4.74 Å². The van der Waals surface area contributed by atoms with Gasteiger partial charge in [-0.3, -0.25) is 0 Å². The fourth-order valence-corrected chi connectivity index (χ4v) is 4.33. The van der Waals surface area contributed by atoms with Crippen LogP contribution in [0.2, 0.25) is 0 Å². The zero-order valence-corrected chi connectivity index (χ0v) is 17.7. The summed E-state index contributed by atoms with van der Waals surface area (Å²) in [5.41, 5.74) is 3.20. The smallest absolute Gasteiger partial charge is 0.322 e. The Hall–Kier alpha value is -1.59. The van der Waals surface area contributed by atoms with E-state index in [0.717, 1.165) is 56.8 Å². The summed E-state index contributed by atoms with van der Waals surface area (Å²) in [6, 6.07) is 6.54. The van der Waals surface area contributed by atoms with Crippen LogP contribution in [0.15, 0.2) is 18.2 Å². The molecule has 5 nitrogen and oxygen atoms in total. The van der Waals surface area contributed by atoms with Gasteiger partial charge < -0.3 is 19.9 Å². The standard InChI is InChI=1S/C23H37N3O2/c1-19-8-9-20(2)22(18-19)24-23(27)26(21-10-16-28-17-11-21)15-7-14-25-12-5-3-4-6-13-25/h8-9,18,21H,3-7,10-17H2,1-2H3,(H,24,27). The lowest BCUT2D eigenvalue weighted by atomic mass is 10.1. The van der Waals surface area contributed by atoms with Gasteiger partial charge in [-0.05, 0) is 82.8 Å². The van der Waals surface area contributed by atoms with Gasteiger partial charge in [0.1, 0.15) is 0 Å². The fourth-order valence-electron chi connectivity index (χ4n) is 4.33. The zero-order valence-electron chi connectivity index (χ0n) is 17.7. The van der Waals surface area contributed by atoms with Gasteiger partial charge in [0.2, 0.25) is 0 Å². The lowest BCUT2D eigenvalue weighted by Gasteiger charge is -2.35. The van der Waals surface area contributed by atoms with E-state index in [4.69, 9.17) is 4.74 Å². The lowest BCUT2D eigenvalue weighted by Crippen LogP contribution is -2.46. The van der Waals surface area contributed by atoms with Gasteiger partial charge in [0.05, 0.1) is 0 Å². The molecule has 0 bridgehead atoms. The molecule has 0 aromatic heterocycles. The van der Waals surface area contributed by atoms with Gasteiger partial charge >= 0.3 is 6.03 Å². The summed E-state index contributed by atoms with van der Waals surface area (Å²) in [5.74, 6) is 0. The minimum atomic E-state index is 0.0384. The van der Waals surface area contributed by atoms with E-state index in [9.17, 15) is 4.79 Å². The molecule has 2 heterocycles. The second-order valence-electron chi connectivity index (χ2n) is 8.39. The van der Waals surface area contributed by atoms with E-state index in [1.807, 2.05) is 6.92 Å². The number of hydrogen-bond acceptors (Lipinski definition) is 3. The Balaban J connectivity index is 1.60. The van der Waals surface area contributed by atoms with Crippen LogP contribution in [0.5, 0.6) is 0 Å². The number of urea groups is 1. The highest BCUT2D eigenvalue weighted by molar-refractivity contribution is 5.90.